The molecule has 4 amide bonds. The van der Waals surface area contributed by atoms with E-state index in [4.69, 9.17) is 0 Å². The Morgan fingerprint density at radius 2 is 1.77 bits per heavy atom. The number of fused-ring (bicyclic) bond motifs is 1. The van der Waals surface area contributed by atoms with Crippen LogP contribution in [0.4, 0.5) is 5.69 Å². The van der Waals surface area contributed by atoms with Gasteiger partial charge in [-0.15, -0.1) is 11.8 Å². The summed E-state index contributed by atoms with van der Waals surface area (Å²) < 4.78 is 1.95. The number of amides is 4. The van der Waals surface area contributed by atoms with Crippen molar-refractivity contribution in [3.05, 3.63) is 64.2 Å². The van der Waals surface area contributed by atoms with Gasteiger partial charge < -0.3 is 31.1 Å². The summed E-state index contributed by atoms with van der Waals surface area (Å²) in [7, 11) is 1.37. The first kappa shape index (κ1) is 32.6. The number of nitrogens with zero attached hydrogens (tertiary/aromatic N) is 2. The van der Waals surface area contributed by atoms with Gasteiger partial charge in [0.25, 0.3) is 5.69 Å². The van der Waals surface area contributed by atoms with E-state index in [0.717, 1.165) is 11.9 Å². The number of hydrogen-bond acceptors (Lipinski definition) is 11. The molecule has 5 atom stereocenters. The SMILES string of the molecule is CNC(=O)CC(NSc1ccccc1[N+](=O)[O-])C(=O)NC(C(=O)N[C@@H]1C(=O)N2[C@@H]1SC(C)(C)[C@@H]2C(=O)O)c1ccc(O)cc1. The van der Waals surface area contributed by atoms with Crippen molar-refractivity contribution in [2.45, 2.75) is 59.5 Å². The largest absolute Gasteiger partial charge is 0.508 e. The average Bonchev–Trinajstić information content (AvgIpc) is 3.24. The molecule has 2 fully saturated rings. The number of carbonyl (C=O) groups excluding carboxylic acids is 4. The zero-order valence-electron chi connectivity index (χ0n) is 23.7. The van der Waals surface area contributed by atoms with E-state index >= 15 is 0 Å². The molecule has 234 valence electrons. The molecule has 0 aromatic heterocycles. The summed E-state index contributed by atoms with van der Waals surface area (Å²) >= 11 is 2.00. The minimum absolute atomic E-state index is 0.103. The van der Waals surface area contributed by atoms with E-state index in [-0.39, 0.29) is 28.3 Å². The van der Waals surface area contributed by atoms with Crippen LogP contribution in [0.25, 0.3) is 0 Å². The van der Waals surface area contributed by atoms with Crippen LogP contribution in [0, 0.1) is 10.1 Å². The highest BCUT2D eigenvalue weighted by molar-refractivity contribution is 8.01. The summed E-state index contributed by atoms with van der Waals surface area (Å²) in [6.07, 6.45) is -0.389. The number of phenolic OH excluding ortho intramolecular Hbond substituents is 1. The van der Waals surface area contributed by atoms with Gasteiger partial charge in [-0.2, -0.15) is 0 Å². The molecule has 44 heavy (non-hydrogen) atoms. The number of rotatable bonds is 12. The highest BCUT2D eigenvalue weighted by Crippen LogP contribution is 2.50. The summed E-state index contributed by atoms with van der Waals surface area (Å²) in [5, 5.41) is 37.8. The highest BCUT2D eigenvalue weighted by Gasteiger charge is 2.64. The van der Waals surface area contributed by atoms with Gasteiger partial charge in [0.1, 0.15) is 40.2 Å². The molecule has 6 N–H and O–H groups in total. The van der Waals surface area contributed by atoms with Crippen molar-refractivity contribution in [1.82, 2.24) is 25.6 Å². The van der Waals surface area contributed by atoms with Crippen LogP contribution in [0.3, 0.4) is 0 Å². The third-order valence-electron chi connectivity index (χ3n) is 7.11. The van der Waals surface area contributed by atoms with Gasteiger partial charge in [0.2, 0.25) is 23.6 Å². The van der Waals surface area contributed by atoms with Crippen LogP contribution < -0.4 is 20.7 Å². The number of phenols is 1. The molecule has 0 bridgehead atoms. The molecule has 2 aromatic carbocycles. The number of para-hydroxylation sites is 1. The van der Waals surface area contributed by atoms with Gasteiger partial charge in [-0.25, -0.2) is 9.52 Å². The lowest BCUT2D eigenvalue weighted by Crippen LogP contribution is -2.71. The summed E-state index contributed by atoms with van der Waals surface area (Å²) in [6.45, 7) is 3.39. The third-order valence-corrected chi connectivity index (χ3v) is 9.64. The van der Waals surface area contributed by atoms with Crippen molar-refractivity contribution < 1.29 is 39.1 Å². The Morgan fingerprint density at radius 1 is 1.11 bits per heavy atom. The second-order valence-corrected chi connectivity index (χ2v) is 13.1. The lowest BCUT2D eigenvalue weighted by Gasteiger charge is -2.44. The molecule has 2 heterocycles. The number of nitro groups is 1. The maximum atomic E-state index is 13.6. The van der Waals surface area contributed by atoms with Gasteiger partial charge in [-0.3, -0.25) is 29.3 Å². The Hall–Kier alpha value is -4.35. The lowest BCUT2D eigenvalue weighted by molar-refractivity contribution is -0.387. The molecule has 0 aliphatic carbocycles. The van der Waals surface area contributed by atoms with E-state index < -0.39 is 68.8 Å². The minimum Gasteiger partial charge on any atom is -0.508 e. The van der Waals surface area contributed by atoms with Crippen LogP contribution >= 0.6 is 23.7 Å². The fourth-order valence-electron chi connectivity index (χ4n) is 4.90. The van der Waals surface area contributed by atoms with Gasteiger partial charge in [0.15, 0.2) is 0 Å². The summed E-state index contributed by atoms with van der Waals surface area (Å²) in [4.78, 5) is 76.5. The van der Waals surface area contributed by atoms with Crippen LogP contribution in [-0.4, -0.2) is 84.9 Å². The molecule has 2 aromatic rings. The van der Waals surface area contributed by atoms with Crippen LogP contribution in [0.1, 0.15) is 31.9 Å². The van der Waals surface area contributed by atoms with E-state index in [0.29, 0.717) is 0 Å². The highest BCUT2D eigenvalue weighted by atomic mass is 32.2. The molecule has 2 saturated heterocycles. The van der Waals surface area contributed by atoms with E-state index in [1.807, 2.05) is 0 Å². The molecule has 0 radical (unpaired) electrons. The standard InChI is InChI=1S/C27H30N6O9S2/c1-27(2)21(26(39)40)32-24(38)20(25(32)43-27)30-23(37)19(13-8-10-14(34)11-9-13)29-22(36)15(12-18(35)28-3)31-44-17-7-5-4-6-16(17)33(41)42/h4-11,15,19-21,25,31,34H,12H2,1-3H3,(H,28,35)(H,29,36)(H,30,37)(H,39,40)/t15?,19?,20-,21+,25-/m1/s1. The van der Waals surface area contributed by atoms with Crippen molar-refractivity contribution in [2.24, 2.45) is 0 Å². The maximum Gasteiger partial charge on any atom is 0.327 e. The zero-order valence-corrected chi connectivity index (χ0v) is 25.3. The smallest absolute Gasteiger partial charge is 0.327 e. The quantitative estimate of drug-likeness (QED) is 0.0820. The zero-order chi connectivity index (χ0) is 32.3. The number of benzene rings is 2. The van der Waals surface area contributed by atoms with Crippen molar-refractivity contribution in [2.75, 3.05) is 7.05 Å². The number of aromatic hydroxyl groups is 1. The number of nitro benzene ring substituents is 1. The summed E-state index contributed by atoms with van der Waals surface area (Å²) in [6, 6.07) is 6.39. The van der Waals surface area contributed by atoms with Crippen molar-refractivity contribution in [1.29, 1.82) is 0 Å². The van der Waals surface area contributed by atoms with Crippen LogP contribution in [0.15, 0.2) is 53.4 Å². The van der Waals surface area contributed by atoms with Gasteiger partial charge in [-0.05, 0) is 49.6 Å². The Labute approximate surface area is 259 Å². The summed E-state index contributed by atoms with van der Waals surface area (Å²) in [5.74, 6) is -3.97. The van der Waals surface area contributed by atoms with Crippen molar-refractivity contribution >= 4 is 59.0 Å². The monoisotopic (exact) mass is 646 g/mol. The minimum atomic E-state index is -1.40. The predicted octanol–water partition coefficient (Wildman–Crippen LogP) is 0.891. The fraction of sp³-hybridized carbons (Fsp3) is 0.370. The molecular weight excluding hydrogens is 616 g/mol. The number of carboxylic acids is 1. The number of carboxylic acid groups (broad SMARTS) is 1. The maximum absolute atomic E-state index is 13.6. The summed E-state index contributed by atoms with van der Waals surface area (Å²) in [5.41, 5.74) is 0.0212. The number of aliphatic carboxylic acids is 1. The Bertz CT molecular complexity index is 1490. The molecule has 15 nitrogen and oxygen atoms in total. The molecular formula is C27H30N6O9S2. The Balaban J connectivity index is 1.55. The van der Waals surface area contributed by atoms with E-state index in [1.54, 1.807) is 19.9 Å². The third kappa shape index (κ3) is 6.74. The number of thioether (sulfide) groups is 1. The number of nitrogens with one attached hydrogen (secondary N) is 4. The van der Waals surface area contributed by atoms with Gasteiger partial charge in [0, 0.05) is 17.9 Å². The molecule has 17 heteroatoms. The number of β-lactam (4-membered cyclic amide) rings is 1. The van der Waals surface area contributed by atoms with Gasteiger partial charge in [0.05, 0.1) is 11.3 Å². The number of carbonyl (C=O) groups is 5. The lowest BCUT2D eigenvalue weighted by atomic mass is 9.95. The number of hydrogen-bond donors (Lipinski definition) is 6. The molecule has 4 rings (SSSR count). The van der Waals surface area contributed by atoms with Crippen LogP contribution in [-0.2, 0) is 24.0 Å². The molecule has 0 saturated carbocycles. The molecule has 2 unspecified atom stereocenters. The first-order valence-electron chi connectivity index (χ1n) is 13.2. The first-order chi connectivity index (χ1) is 20.7. The molecule has 2 aliphatic rings. The van der Waals surface area contributed by atoms with Gasteiger partial charge >= 0.3 is 5.97 Å². The topological polar surface area (TPSA) is 220 Å². The van der Waals surface area contributed by atoms with Crippen LogP contribution in [0.5, 0.6) is 5.75 Å². The Morgan fingerprint density at radius 3 is 2.39 bits per heavy atom. The van der Waals surface area contributed by atoms with Crippen LogP contribution in [0.2, 0.25) is 0 Å². The van der Waals surface area contributed by atoms with E-state index in [9.17, 15) is 44.3 Å². The second-order valence-electron chi connectivity index (χ2n) is 10.5. The van der Waals surface area contributed by atoms with E-state index in [1.165, 1.54) is 66.2 Å². The Kier molecular flexibility index (Phi) is 9.70. The average molecular weight is 647 g/mol. The predicted molar refractivity (Wildman–Crippen MR) is 159 cm³/mol. The van der Waals surface area contributed by atoms with E-state index in [2.05, 4.69) is 20.7 Å². The van der Waals surface area contributed by atoms with Gasteiger partial charge in [-0.1, -0.05) is 24.3 Å². The molecule has 2 aliphatic heterocycles. The normalized spacial score (nSPS) is 21.3. The molecule has 0 spiro atoms. The second kappa shape index (κ2) is 13.1. The van der Waals surface area contributed by atoms with Crippen molar-refractivity contribution in [3.63, 3.8) is 0 Å². The van der Waals surface area contributed by atoms with Crippen molar-refractivity contribution in [3.8, 4) is 5.75 Å². The first-order valence-corrected chi connectivity index (χ1v) is 14.9. The fourth-order valence-corrected chi connectivity index (χ4v) is 7.37.